The van der Waals surface area contributed by atoms with Gasteiger partial charge in [0.1, 0.15) is 17.9 Å². The lowest BCUT2D eigenvalue weighted by Gasteiger charge is -1.94. The second kappa shape index (κ2) is 4.39. The molecule has 0 spiro atoms. The average Bonchev–Trinajstić information content (AvgIpc) is 2.57. The normalized spacial score (nSPS) is 11.1. The molecule has 5 heteroatoms. The van der Waals surface area contributed by atoms with Gasteiger partial charge in [-0.25, -0.2) is 4.98 Å². The molecule has 0 saturated carbocycles. The molecule has 0 atom stereocenters. The highest BCUT2D eigenvalue weighted by molar-refractivity contribution is 6.38. The van der Waals surface area contributed by atoms with Gasteiger partial charge in [0, 0.05) is 11.6 Å². The van der Waals surface area contributed by atoms with E-state index in [2.05, 4.69) is 9.97 Å². The third-order valence-corrected chi connectivity index (χ3v) is 2.50. The van der Waals surface area contributed by atoms with Crippen molar-refractivity contribution in [3.8, 4) is 0 Å². The molecule has 2 rings (SSSR count). The van der Waals surface area contributed by atoms with Crippen molar-refractivity contribution in [3.63, 3.8) is 0 Å². The van der Waals surface area contributed by atoms with Crippen molar-refractivity contribution < 1.29 is 4.74 Å². The van der Waals surface area contributed by atoms with Crippen molar-refractivity contribution in [1.82, 2.24) is 9.97 Å². The summed E-state index contributed by atoms with van der Waals surface area (Å²) in [7, 11) is 0. The number of imidazole rings is 1. The van der Waals surface area contributed by atoms with Gasteiger partial charge in [-0.2, -0.15) is 0 Å². The summed E-state index contributed by atoms with van der Waals surface area (Å²) in [6, 6.07) is 3.47. The second-order valence-corrected chi connectivity index (χ2v) is 3.95. The van der Waals surface area contributed by atoms with Crippen molar-refractivity contribution in [2.45, 2.75) is 13.5 Å². The van der Waals surface area contributed by atoms with Gasteiger partial charge in [-0.3, -0.25) is 0 Å². The van der Waals surface area contributed by atoms with Crippen LogP contribution in [0.5, 0.6) is 0 Å². The van der Waals surface area contributed by atoms with Crippen molar-refractivity contribution in [3.05, 3.63) is 28.0 Å². The number of halogens is 2. The Hall–Kier alpha value is -0.770. The highest BCUT2D eigenvalue weighted by atomic mass is 35.5. The first-order valence-electron chi connectivity index (χ1n) is 4.62. The Morgan fingerprint density at radius 1 is 1.40 bits per heavy atom. The fraction of sp³-hybridized carbons (Fsp3) is 0.300. The van der Waals surface area contributed by atoms with Crippen LogP contribution < -0.4 is 0 Å². The minimum absolute atomic E-state index is 0.457. The third kappa shape index (κ3) is 2.25. The van der Waals surface area contributed by atoms with Crippen LogP contribution in [0.2, 0.25) is 10.0 Å². The van der Waals surface area contributed by atoms with Crippen LogP contribution >= 0.6 is 23.2 Å². The van der Waals surface area contributed by atoms with Gasteiger partial charge in [-0.05, 0) is 19.1 Å². The minimum Gasteiger partial charge on any atom is -0.374 e. The average molecular weight is 245 g/mol. The summed E-state index contributed by atoms with van der Waals surface area (Å²) in [5.74, 6) is 0.760. The lowest BCUT2D eigenvalue weighted by molar-refractivity contribution is 0.129. The van der Waals surface area contributed by atoms with E-state index in [0.717, 1.165) is 16.9 Å². The predicted octanol–water partition coefficient (Wildman–Crippen LogP) is 3.41. The van der Waals surface area contributed by atoms with Crippen LogP contribution in [-0.2, 0) is 11.3 Å². The van der Waals surface area contributed by atoms with Gasteiger partial charge >= 0.3 is 0 Å². The Bertz CT molecular complexity index is 481. The Morgan fingerprint density at radius 2 is 2.20 bits per heavy atom. The summed E-state index contributed by atoms with van der Waals surface area (Å²) in [5, 5.41) is 1.15. The van der Waals surface area contributed by atoms with E-state index in [1.54, 1.807) is 12.1 Å². The number of aromatic nitrogens is 2. The molecule has 80 valence electrons. The zero-order valence-electron chi connectivity index (χ0n) is 8.18. The number of benzene rings is 1. The Kier molecular flexibility index (Phi) is 3.14. The predicted molar refractivity (Wildman–Crippen MR) is 61.4 cm³/mol. The van der Waals surface area contributed by atoms with Gasteiger partial charge in [0.25, 0.3) is 0 Å². The zero-order valence-corrected chi connectivity index (χ0v) is 9.69. The van der Waals surface area contributed by atoms with Crippen LogP contribution in [0.25, 0.3) is 11.0 Å². The molecule has 1 aromatic heterocycles. The van der Waals surface area contributed by atoms with Gasteiger partial charge < -0.3 is 9.72 Å². The first-order chi connectivity index (χ1) is 7.20. The lowest BCUT2D eigenvalue weighted by Crippen LogP contribution is -1.93. The highest BCUT2D eigenvalue weighted by Gasteiger charge is 2.07. The standard InChI is InChI=1S/C10H10Cl2N2O/c1-2-15-5-9-13-8-4-6(11)3-7(12)10(8)14-9/h3-4H,2,5H2,1H3,(H,13,14). The number of hydrogen-bond donors (Lipinski definition) is 1. The van der Waals surface area contributed by atoms with Crippen molar-refractivity contribution in [2.24, 2.45) is 0 Å². The number of nitrogens with one attached hydrogen (secondary N) is 1. The first kappa shape index (κ1) is 10.7. The van der Waals surface area contributed by atoms with Crippen molar-refractivity contribution in [2.75, 3.05) is 6.61 Å². The monoisotopic (exact) mass is 244 g/mol. The Labute approximate surface area is 97.4 Å². The van der Waals surface area contributed by atoms with Crippen LogP contribution in [0.3, 0.4) is 0 Å². The first-order valence-corrected chi connectivity index (χ1v) is 5.37. The maximum atomic E-state index is 6.00. The summed E-state index contributed by atoms with van der Waals surface area (Å²) < 4.78 is 5.25. The number of rotatable bonds is 3. The quantitative estimate of drug-likeness (QED) is 0.899. The van der Waals surface area contributed by atoms with Crippen LogP contribution in [0, 0.1) is 0 Å². The molecule has 0 radical (unpaired) electrons. The van der Waals surface area contributed by atoms with Gasteiger partial charge in [0.15, 0.2) is 0 Å². The Morgan fingerprint density at radius 3 is 2.93 bits per heavy atom. The summed E-state index contributed by atoms with van der Waals surface area (Å²) in [4.78, 5) is 7.43. The van der Waals surface area contributed by atoms with Gasteiger partial charge in [0.2, 0.25) is 0 Å². The molecule has 0 fully saturated rings. The van der Waals surface area contributed by atoms with E-state index in [9.17, 15) is 0 Å². The Balaban J connectivity index is 2.41. The molecule has 0 saturated heterocycles. The van der Waals surface area contributed by atoms with E-state index < -0.39 is 0 Å². The number of aromatic amines is 1. The summed E-state index contributed by atoms with van der Waals surface area (Å²) in [6.07, 6.45) is 0. The second-order valence-electron chi connectivity index (χ2n) is 3.10. The van der Waals surface area contributed by atoms with Crippen LogP contribution in [-0.4, -0.2) is 16.6 Å². The molecule has 2 aromatic rings. The SMILES string of the molecule is CCOCc1nc2c(Cl)cc(Cl)cc2[nH]1. The molecular formula is C10H10Cl2N2O. The highest BCUT2D eigenvalue weighted by Crippen LogP contribution is 2.26. The molecule has 0 aliphatic rings. The molecule has 0 amide bonds. The number of nitrogens with zero attached hydrogens (tertiary/aromatic N) is 1. The zero-order chi connectivity index (χ0) is 10.8. The van der Waals surface area contributed by atoms with E-state index in [0.29, 0.717) is 23.3 Å². The van der Waals surface area contributed by atoms with Crippen LogP contribution in [0.4, 0.5) is 0 Å². The van der Waals surface area contributed by atoms with Crippen molar-refractivity contribution in [1.29, 1.82) is 0 Å². The van der Waals surface area contributed by atoms with E-state index in [-0.39, 0.29) is 0 Å². The number of fused-ring (bicyclic) bond motifs is 1. The summed E-state index contributed by atoms with van der Waals surface area (Å²) in [5.41, 5.74) is 1.57. The van der Waals surface area contributed by atoms with E-state index in [4.69, 9.17) is 27.9 Å². The molecular weight excluding hydrogens is 235 g/mol. The van der Waals surface area contributed by atoms with Gasteiger partial charge in [-0.15, -0.1) is 0 Å². The maximum Gasteiger partial charge on any atom is 0.133 e. The topological polar surface area (TPSA) is 37.9 Å². The summed E-state index contributed by atoms with van der Waals surface area (Å²) >= 11 is 11.9. The van der Waals surface area contributed by atoms with E-state index in [1.165, 1.54) is 0 Å². The van der Waals surface area contributed by atoms with Gasteiger partial charge in [-0.1, -0.05) is 23.2 Å². The van der Waals surface area contributed by atoms with E-state index in [1.807, 2.05) is 6.92 Å². The number of H-pyrrole nitrogens is 1. The fourth-order valence-corrected chi connectivity index (χ4v) is 1.90. The molecule has 0 unspecified atom stereocenters. The van der Waals surface area contributed by atoms with Crippen LogP contribution in [0.1, 0.15) is 12.7 Å². The molecule has 1 heterocycles. The van der Waals surface area contributed by atoms with Crippen molar-refractivity contribution >= 4 is 34.2 Å². The maximum absolute atomic E-state index is 6.00. The third-order valence-electron chi connectivity index (χ3n) is 2.00. The number of hydrogen-bond acceptors (Lipinski definition) is 2. The molecule has 0 bridgehead atoms. The summed E-state index contributed by atoms with van der Waals surface area (Å²) in [6.45, 7) is 3.05. The molecule has 0 aliphatic heterocycles. The largest absolute Gasteiger partial charge is 0.374 e. The fourth-order valence-electron chi connectivity index (χ4n) is 1.36. The molecule has 1 N–H and O–H groups in total. The number of ether oxygens (including phenoxy) is 1. The molecule has 0 aliphatic carbocycles. The minimum atomic E-state index is 0.457. The lowest BCUT2D eigenvalue weighted by atomic mass is 10.3. The van der Waals surface area contributed by atoms with Gasteiger partial charge in [0.05, 0.1) is 10.5 Å². The molecule has 3 nitrogen and oxygen atoms in total. The van der Waals surface area contributed by atoms with E-state index >= 15 is 0 Å². The van der Waals surface area contributed by atoms with Crippen LogP contribution in [0.15, 0.2) is 12.1 Å². The molecule has 1 aromatic carbocycles. The molecule has 15 heavy (non-hydrogen) atoms. The smallest absolute Gasteiger partial charge is 0.133 e.